The Morgan fingerprint density at radius 2 is 1.19 bits per heavy atom. The minimum absolute atomic E-state index is 0.391. The van der Waals surface area contributed by atoms with E-state index in [0.29, 0.717) is 38.9 Å². The number of rotatable bonds is 14. The number of allylic oxidation sites excluding steroid dienone is 2. The van der Waals surface area contributed by atoms with E-state index in [1.54, 1.807) is 12.2 Å². The molecule has 5 heteroatoms. The van der Waals surface area contributed by atoms with E-state index in [4.69, 9.17) is 14.2 Å². The molecule has 0 spiro atoms. The van der Waals surface area contributed by atoms with Gasteiger partial charge in [-0.05, 0) is 13.8 Å². The molecule has 2 atom stereocenters. The summed E-state index contributed by atoms with van der Waals surface area (Å²) in [4.78, 5) is 20.5. The molecule has 0 aromatic rings. The van der Waals surface area contributed by atoms with Gasteiger partial charge in [0, 0.05) is 38.9 Å². The van der Waals surface area contributed by atoms with Crippen LogP contribution < -0.4 is 0 Å². The Balaban J connectivity index is 4.35. The molecule has 0 aromatic carbocycles. The molecule has 0 amide bonds. The van der Waals surface area contributed by atoms with Crippen molar-refractivity contribution in [3.63, 3.8) is 0 Å². The van der Waals surface area contributed by atoms with E-state index in [0.717, 1.165) is 12.6 Å². The van der Waals surface area contributed by atoms with Gasteiger partial charge in [0.25, 0.3) is 0 Å². The Kier molecular flexibility index (Phi) is 14.2. The predicted molar refractivity (Wildman–Crippen MR) is 80.8 cm³/mol. The topological polar surface area (TPSA) is 61.8 Å². The van der Waals surface area contributed by atoms with E-state index in [1.807, 2.05) is 26.0 Å². The third-order valence-corrected chi connectivity index (χ3v) is 2.46. The molecule has 21 heavy (non-hydrogen) atoms. The average Bonchev–Trinajstić information content (AvgIpc) is 2.48. The average molecular weight is 298 g/mol. The first kappa shape index (κ1) is 19.7. The van der Waals surface area contributed by atoms with Gasteiger partial charge in [-0.2, -0.15) is 0 Å². The van der Waals surface area contributed by atoms with E-state index in [-0.39, 0.29) is 0 Å². The van der Waals surface area contributed by atoms with Crippen LogP contribution in [-0.2, 0) is 23.8 Å². The maximum absolute atomic E-state index is 10.2. The van der Waals surface area contributed by atoms with Gasteiger partial charge in [0.15, 0.2) is 12.6 Å². The lowest BCUT2D eigenvalue weighted by Gasteiger charge is -2.23. The monoisotopic (exact) mass is 298 g/mol. The number of hydrogen-bond acceptors (Lipinski definition) is 5. The lowest BCUT2D eigenvalue weighted by atomic mass is 10.3. The second-order valence-electron chi connectivity index (χ2n) is 4.12. The van der Waals surface area contributed by atoms with E-state index >= 15 is 0 Å². The molecule has 0 N–H and O–H groups in total. The molecule has 0 aromatic heterocycles. The van der Waals surface area contributed by atoms with Gasteiger partial charge in [0.2, 0.25) is 0 Å². The molecular weight excluding hydrogens is 272 g/mol. The Hall–Kier alpha value is -1.30. The summed E-state index contributed by atoms with van der Waals surface area (Å²) in [5, 5.41) is 0. The Morgan fingerprint density at radius 3 is 1.52 bits per heavy atom. The SMILES string of the molecule is CCOC(CC=CCC=O)OC(CC=CCC=O)OCC. The van der Waals surface area contributed by atoms with Crippen LogP contribution in [0, 0.1) is 0 Å². The summed E-state index contributed by atoms with van der Waals surface area (Å²) in [7, 11) is 0. The second-order valence-corrected chi connectivity index (χ2v) is 4.12. The second kappa shape index (κ2) is 15.1. The molecule has 0 fully saturated rings. The highest BCUT2D eigenvalue weighted by atomic mass is 16.8. The third kappa shape index (κ3) is 12.2. The molecule has 5 nitrogen and oxygen atoms in total. The van der Waals surface area contributed by atoms with Gasteiger partial charge in [-0.1, -0.05) is 24.3 Å². The summed E-state index contributed by atoms with van der Waals surface area (Å²) < 4.78 is 16.8. The molecule has 0 aliphatic heterocycles. The van der Waals surface area contributed by atoms with Crippen LogP contribution >= 0.6 is 0 Å². The Labute approximate surface area is 126 Å². The molecule has 120 valence electrons. The molecule has 0 aliphatic carbocycles. The summed E-state index contributed by atoms with van der Waals surface area (Å²) in [6, 6.07) is 0. The van der Waals surface area contributed by atoms with Gasteiger partial charge < -0.3 is 23.8 Å². The first-order chi connectivity index (χ1) is 10.3. The van der Waals surface area contributed by atoms with Crippen molar-refractivity contribution in [2.24, 2.45) is 0 Å². The van der Waals surface area contributed by atoms with E-state index < -0.39 is 12.6 Å². The van der Waals surface area contributed by atoms with Crippen molar-refractivity contribution in [3.05, 3.63) is 24.3 Å². The van der Waals surface area contributed by atoms with Crippen LogP contribution in [0.15, 0.2) is 24.3 Å². The lowest BCUT2D eigenvalue weighted by Crippen LogP contribution is -2.26. The minimum Gasteiger partial charge on any atom is -0.352 e. The van der Waals surface area contributed by atoms with Crippen LogP contribution in [0.4, 0.5) is 0 Å². The molecule has 0 saturated carbocycles. The number of aldehydes is 2. The number of ether oxygens (including phenoxy) is 3. The highest BCUT2D eigenvalue weighted by Crippen LogP contribution is 2.11. The normalized spacial score (nSPS) is 14.6. The zero-order valence-corrected chi connectivity index (χ0v) is 12.9. The summed E-state index contributed by atoms with van der Waals surface area (Å²) in [5.74, 6) is 0. The van der Waals surface area contributed by atoms with Gasteiger partial charge in [-0.3, -0.25) is 0 Å². The van der Waals surface area contributed by atoms with Crippen molar-refractivity contribution in [2.45, 2.75) is 52.1 Å². The fraction of sp³-hybridized carbons (Fsp3) is 0.625. The van der Waals surface area contributed by atoms with Crippen molar-refractivity contribution < 1.29 is 23.8 Å². The third-order valence-electron chi connectivity index (χ3n) is 2.46. The molecule has 0 aliphatic rings. The smallest absolute Gasteiger partial charge is 0.164 e. The van der Waals surface area contributed by atoms with E-state index in [2.05, 4.69) is 0 Å². The standard InChI is InChI=1S/C16H26O5/c1-3-19-15(11-7-5-9-13-17)21-16(20-4-2)12-8-6-10-14-18/h5-8,13-16H,3-4,9-12H2,1-2H3. The van der Waals surface area contributed by atoms with Crippen molar-refractivity contribution in [2.75, 3.05) is 13.2 Å². The molecule has 0 bridgehead atoms. The zero-order chi connectivity index (χ0) is 15.8. The van der Waals surface area contributed by atoms with E-state index in [9.17, 15) is 9.59 Å². The zero-order valence-electron chi connectivity index (χ0n) is 12.9. The summed E-state index contributed by atoms with van der Waals surface area (Å²) in [6.07, 6.45) is 10.0. The molecule has 0 radical (unpaired) electrons. The van der Waals surface area contributed by atoms with Gasteiger partial charge in [-0.15, -0.1) is 0 Å². The van der Waals surface area contributed by atoms with Crippen molar-refractivity contribution in [1.82, 2.24) is 0 Å². The molecule has 0 heterocycles. The number of carbonyl (C=O) groups is 2. The van der Waals surface area contributed by atoms with Crippen LogP contribution in [-0.4, -0.2) is 38.4 Å². The summed E-state index contributed by atoms with van der Waals surface area (Å²) in [5.41, 5.74) is 0. The van der Waals surface area contributed by atoms with Crippen LogP contribution in [0.5, 0.6) is 0 Å². The summed E-state index contributed by atoms with van der Waals surface area (Å²) in [6.45, 7) is 4.86. The minimum atomic E-state index is -0.408. The largest absolute Gasteiger partial charge is 0.352 e. The van der Waals surface area contributed by atoms with Crippen LogP contribution in [0.3, 0.4) is 0 Å². The maximum Gasteiger partial charge on any atom is 0.164 e. The van der Waals surface area contributed by atoms with Gasteiger partial charge in [0.05, 0.1) is 0 Å². The first-order valence-corrected chi connectivity index (χ1v) is 7.34. The molecule has 0 rings (SSSR count). The van der Waals surface area contributed by atoms with E-state index in [1.165, 1.54) is 0 Å². The van der Waals surface area contributed by atoms with Gasteiger partial charge in [-0.25, -0.2) is 0 Å². The first-order valence-electron chi connectivity index (χ1n) is 7.34. The Morgan fingerprint density at radius 1 is 0.762 bits per heavy atom. The predicted octanol–water partition coefficient (Wildman–Crippen LogP) is 2.80. The van der Waals surface area contributed by atoms with Crippen LogP contribution in [0.1, 0.15) is 39.5 Å². The fourth-order valence-electron chi connectivity index (χ4n) is 1.59. The molecular formula is C16H26O5. The summed E-state index contributed by atoms with van der Waals surface area (Å²) >= 11 is 0. The highest BCUT2D eigenvalue weighted by Gasteiger charge is 2.15. The van der Waals surface area contributed by atoms with Crippen LogP contribution in [0.2, 0.25) is 0 Å². The molecule has 0 saturated heterocycles. The van der Waals surface area contributed by atoms with Crippen molar-refractivity contribution >= 4 is 12.6 Å². The number of carbonyl (C=O) groups excluding carboxylic acids is 2. The Bertz CT molecular complexity index is 282. The van der Waals surface area contributed by atoms with Crippen molar-refractivity contribution in [3.8, 4) is 0 Å². The molecule has 2 unspecified atom stereocenters. The number of hydrogen-bond donors (Lipinski definition) is 0. The maximum atomic E-state index is 10.2. The highest BCUT2D eigenvalue weighted by molar-refractivity contribution is 5.52. The van der Waals surface area contributed by atoms with Crippen LogP contribution in [0.25, 0.3) is 0 Å². The van der Waals surface area contributed by atoms with Gasteiger partial charge in [0.1, 0.15) is 12.6 Å². The quantitative estimate of drug-likeness (QED) is 0.280. The fourth-order valence-corrected chi connectivity index (χ4v) is 1.59. The van der Waals surface area contributed by atoms with Crippen molar-refractivity contribution in [1.29, 1.82) is 0 Å². The lowest BCUT2D eigenvalue weighted by molar-refractivity contribution is -0.239. The van der Waals surface area contributed by atoms with Gasteiger partial charge >= 0.3 is 0 Å².